The molecule has 0 aliphatic carbocycles. The van der Waals surface area contributed by atoms with E-state index < -0.39 is 5.60 Å². The number of amides is 2. The summed E-state index contributed by atoms with van der Waals surface area (Å²) in [4.78, 5) is 31.7. The molecule has 2 aromatic heterocycles. The Hall–Kier alpha value is -2.64. The predicted octanol–water partition coefficient (Wildman–Crippen LogP) is 0.396. The number of imidazole rings is 1. The lowest BCUT2D eigenvalue weighted by Gasteiger charge is -2.21. The number of carbonyl (C=O) groups excluding carboxylic acids is 2. The van der Waals surface area contributed by atoms with Crippen LogP contribution in [-0.4, -0.2) is 68.7 Å². The minimum Gasteiger partial charge on any atom is -0.439 e. The van der Waals surface area contributed by atoms with Crippen molar-refractivity contribution in [2.24, 2.45) is 0 Å². The van der Waals surface area contributed by atoms with Crippen molar-refractivity contribution in [1.82, 2.24) is 24.4 Å². The van der Waals surface area contributed by atoms with Gasteiger partial charge in [-0.2, -0.15) is 5.10 Å². The minimum absolute atomic E-state index is 0.145. The van der Waals surface area contributed by atoms with E-state index in [0.717, 1.165) is 0 Å². The Bertz CT molecular complexity index is 773. The van der Waals surface area contributed by atoms with Gasteiger partial charge in [-0.25, -0.2) is 14.3 Å². The normalized spacial score (nSPS) is 24.5. The zero-order valence-electron chi connectivity index (χ0n) is 12.1. The van der Waals surface area contributed by atoms with Crippen molar-refractivity contribution >= 4 is 17.6 Å². The van der Waals surface area contributed by atoms with Crippen LogP contribution in [0.15, 0.2) is 24.5 Å². The van der Waals surface area contributed by atoms with Gasteiger partial charge in [-0.05, 0) is 12.1 Å². The summed E-state index contributed by atoms with van der Waals surface area (Å²) >= 11 is 0. The van der Waals surface area contributed by atoms with E-state index in [1.54, 1.807) is 35.2 Å². The third-order valence-electron chi connectivity index (χ3n) is 4.24. The maximum Gasteiger partial charge on any atom is 0.410 e. The Morgan fingerprint density at radius 2 is 2.27 bits per heavy atom. The Morgan fingerprint density at radius 3 is 3.05 bits per heavy atom. The van der Waals surface area contributed by atoms with Crippen molar-refractivity contribution in [3.8, 4) is 0 Å². The van der Waals surface area contributed by atoms with Gasteiger partial charge in [0.15, 0.2) is 16.9 Å². The molecule has 114 valence electrons. The van der Waals surface area contributed by atoms with Gasteiger partial charge in [0.2, 0.25) is 0 Å². The number of aromatic nitrogens is 3. The number of hydrogen-bond donors (Lipinski definition) is 0. The Labute approximate surface area is 126 Å². The van der Waals surface area contributed by atoms with Gasteiger partial charge in [0.05, 0.1) is 19.3 Å². The summed E-state index contributed by atoms with van der Waals surface area (Å²) in [5, 5.41) is 4.16. The molecule has 4 rings (SSSR count). The van der Waals surface area contributed by atoms with Crippen molar-refractivity contribution in [3.63, 3.8) is 0 Å². The Kier molecular flexibility index (Phi) is 2.63. The number of likely N-dealkylation sites (tertiary alicyclic amines) is 1. The van der Waals surface area contributed by atoms with Gasteiger partial charge in [0, 0.05) is 26.2 Å². The molecule has 22 heavy (non-hydrogen) atoms. The molecule has 2 amide bonds. The highest BCUT2D eigenvalue weighted by molar-refractivity contribution is 5.93. The molecule has 2 fully saturated rings. The second-order valence-electron chi connectivity index (χ2n) is 5.82. The average molecular weight is 301 g/mol. The molecule has 0 saturated carbocycles. The van der Waals surface area contributed by atoms with Crippen LogP contribution < -0.4 is 0 Å². The summed E-state index contributed by atoms with van der Waals surface area (Å²) in [5.41, 5.74) is 0.479. The lowest BCUT2D eigenvalue weighted by molar-refractivity contribution is 0.0549. The third-order valence-corrected chi connectivity index (χ3v) is 4.24. The summed E-state index contributed by atoms with van der Waals surface area (Å²) in [5.74, 6) is -0.145. The highest BCUT2D eigenvalue weighted by Crippen LogP contribution is 2.32. The molecule has 0 aromatic carbocycles. The number of rotatable bonds is 1. The van der Waals surface area contributed by atoms with Gasteiger partial charge < -0.3 is 14.5 Å². The molecule has 2 aliphatic rings. The van der Waals surface area contributed by atoms with Gasteiger partial charge in [-0.15, -0.1) is 0 Å². The number of fused-ring (bicyclic) bond motifs is 1. The van der Waals surface area contributed by atoms with E-state index in [0.29, 0.717) is 37.4 Å². The molecule has 0 unspecified atom stereocenters. The molecule has 2 aromatic rings. The summed E-state index contributed by atoms with van der Waals surface area (Å²) < 4.78 is 6.99. The van der Waals surface area contributed by atoms with E-state index in [4.69, 9.17) is 4.74 Å². The topological polar surface area (TPSA) is 80.0 Å². The maximum atomic E-state index is 12.7. The predicted molar refractivity (Wildman–Crippen MR) is 75.3 cm³/mol. The minimum atomic E-state index is -0.574. The van der Waals surface area contributed by atoms with Crippen molar-refractivity contribution in [2.75, 3.05) is 26.7 Å². The standard InChI is InChI=1S/C14H15N5O3/c1-17-8-14(22-13(17)21)4-6-18(9-14)12(20)10-7-15-11-3-2-5-16-19(10)11/h2-3,5,7H,4,6,8-9H2,1H3/t14-/m0/s1. The molecule has 8 heteroatoms. The van der Waals surface area contributed by atoms with E-state index in [1.165, 1.54) is 10.7 Å². The van der Waals surface area contributed by atoms with Crippen LogP contribution in [0.4, 0.5) is 4.79 Å². The van der Waals surface area contributed by atoms with Gasteiger partial charge in [0.1, 0.15) is 0 Å². The van der Waals surface area contributed by atoms with Crippen molar-refractivity contribution < 1.29 is 14.3 Å². The number of nitrogens with zero attached hydrogens (tertiary/aromatic N) is 5. The smallest absolute Gasteiger partial charge is 0.410 e. The maximum absolute atomic E-state index is 12.7. The molecule has 8 nitrogen and oxygen atoms in total. The van der Waals surface area contributed by atoms with Crippen LogP contribution in [0.2, 0.25) is 0 Å². The molecule has 2 saturated heterocycles. The number of ether oxygens (including phenoxy) is 1. The zero-order chi connectivity index (χ0) is 15.3. The van der Waals surface area contributed by atoms with E-state index in [1.807, 2.05) is 0 Å². The highest BCUT2D eigenvalue weighted by Gasteiger charge is 2.49. The van der Waals surface area contributed by atoms with Crippen LogP contribution in [0.25, 0.3) is 5.65 Å². The Morgan fingerprint density at radius 1 is 1.41 bits per heavy atom. The SMILES string of the molecule is CN1C[C@]2(CCN(C(=O)c3cnc4cccnn34)C2)OC1=O. The van der Waals surface area contributed by atoms with E-state index >= 15 is 0 Å². The first-order valence-electron chi connectivity index (χ1n) is 7.10. The van der Waals surface area contributed by atoms with E-state index in [9.17, 15) is 9.59 Å². The second-order valence-corrected chi connectivity index (χ2v) is 5.82. The number of likely N-dealkylation sites (N-methyl/N-ethyl adjacent to an activating group) is 1. The fraction of sp³-hybridized carbons (Fsp3) is 0.429. The molecule has 4 heterocycles. The molecule has 1 spiro atoms. The molecule has 0 radical (unpaired) electrons. The second kappa shape index (κ2) is 4.43. The number of hydrogen-bond acceptors (Lipinski definition) is 5. The summed E-state index contributed by atoms with van der Waals surface area (Å²) in [6, 6.07) is 3.57. The van der Waals surface area contributed by atoms with Crippen molar-refractivity contribution in [3.05, 3.63) is 30.2 Å². The first kappa shape index (κ1) is 13.1. The number of carbonyl (C=O) groups is 2. The first-order valence-corrected chi connectivity index (χ1v) is 7.10. The fourth-order valence-electron chi connectivity index (χ4n) is 3.16. The van der Waals surface area contributed by atoms with Gasteiger partial charge >= 0.3 is 6.09 Å². The van der Waals surface area contributed by atoms with Crippen LogP contribution in [0.3, 0.4) is 0 Å². The Balaban J connectivity index is 1.59. The van der Waals surface area contributed by atoms with E-state index in [2.05, 4.69) is 10.1 Å². The van der Waals surface area contributed by atoms with E-state index in [-0.39, 0.29) is 12.0 Å². The lowest BCUT2D eigenvalue weighted by Crippen LogP contribution is -2.39. The average Bonchev–Trinajstić information content (AvgIpc) is 3.17. The quantitative estimate of drug-likeness (QED) is 0.761. The van der Waals surface area contributed by atoms with Crippen molar-refractivity contribution in [1.29, 1.82) is 0 Å². The van der Waals surface area contributed by atoms with Gasteiger partial charge in [-0.3, -0.25) is 4.79 Å². The van der Waals surface area contributed by atoms with Crippen LogP contribution in [-0.2, 0) is 4.74 Å². The molecule has 0 bridgehead atoms. The van der Waals surface area contributed by atoms with Gasteiger partial charge in [-0.1, -0.05) is 0 Å². The fourth-order valence-corrected chi connectivity index (χ4v) is 3.16. The summed E-state index contributed by atoms with van der Waals surface area (Å²) in [7, 11) is 1.70. The van der Waals surface area contributed by atoms with Crippen molar-refractivity contribution in [2.45, 2.75) is 12.0 Å². The summed E-state index contributed by atoms with van der Waals surface area (Å²) in [6.07, 6.45) is 3.47. The zero-order valence-corrected chi connectivity index (χ0v) is 12.1. The largest absolute Gasteiger partial charge is 0.439 e. The molecule has 0 N–H and O–H groups in total. The van der Waals surface area contributed by atoms with Gasteiger partial charge in [0.25, 0.3) is 5.91 Å². The van der Waals surface area contributed by atoms with Crippen LogP contribution in [0.5, 0.6) is 0 Å². The first-order chi connectivity index (χ1) is 10.6. The highest BCUT2D eigenvalue weighted by atomic mass is 16.6. The molecular weight excluding hydrogens is 286 g/mol. The monoisotopic (exact) mass is 301 g/mol. The van der Waals surface area contributed by atoms with Crippen LogP contribution >= 0.6 is 0 Å². The molecule has 2 aliphatic heterocycles. The third kappa shape index (κ3) is 1.83. The molecular formula is C14H15N5O3. The van der Waals surface area contributed by atoms with Crippen LogP contribution in [0, 0.1) is 0 Å². The lowest BCUT2D eigenvalue weighted by atomic mass is 10.0. The van der Waals surface area contributed by atoms with Crippen LogP contribution in [0.1, 0.15) is 16.9 Å². The molecule has 1 atom stereocenters. The summed E-state index contributed by atoms with van der Waals surface area (Å²) in [6.45, 7) is 1.48.